The van der Waals surface area contributed by atoms with Gasteiger partial charge in [-0.1, -0.05) is 23.9 Å². The minimum absolute atomic E-state index is 0.271. The van der Waals surface area contributed by atoms with E-state index in [9.17, 15) is 13.6 Å². The molecule has 0 bridgehead atoms. The van der Waals surface area contributed by atoms with E-state index < -0.39 is 5.25 Å². The second-order valence-electron chi connectivity index (χ2n) is 5.77. The SMILES string of the molecule is Cc1ccc(NC(=O)C(C)Sc2nccn2-c2cccc(F)c2)cc1F. The van der Waals surface area contributed by atoms with E-state index in [0.717, 1.165) is 0 Å². The highest BCUT2D eigenvalue weighted by molar-refractivity contribution is 8.00. The van der Waals surface area contributed by atoms with Crippen molar-refractivity contribution in [1.82, 2.24) is 9.55 Å². The number of rotatable bonds is 5. The molecule has 3 aromatic rings. The number of imidazole rings is 1. The molecule has 1 heterocycles. The average Bonchev–Trinajstić information content (AvgIpc) is 3.06. The van der Waals surface area contributed by atoms with Gasteiger partial charge >= 0.3 is 0 Å². The molecule has 7 heteroatoms. The van der Waals surface area contributed by atoms with Crippen molar-refractivity contribution in [2.24, 2.45) is 0 Å². The van der Waals surface area contributed by atoms with Crippen LogP contribution in [0.3, 0.4) is 0 Å². The van der Waals surface area contributed by atoms with Crippen LogP contribution in [0.4, 0.5) is 14.5 Å². The van der Waals surface area contributed by atoms with Crippen LogP contribution >= 0.6 is 11.8 Å². The first-order valence-electron chi connectivity index (χ1n) is 7.97. The molecular formula is C19H17F2N3OS. The van der Waals surface area contributed by atoms with Crippen molar-refractivity contribution in [3.8, 4) is 5.69 Å². The second kappa shape index (κ2) is 7.70. The van der Waals surface area contributed by atoms with E-state index in [4.69, 9.17) is 0 Å². The number of carbonyl (C=O) groups is 1. The topological polar surface area (TPSA) is 46.9 Å². The van der Waals surface area contributed by atoms with E-state index in [2.05, 4.69) is 10.3 Å². The molecule has 0 aliphatic carbocycles. The summed E-state index contributed by atoms with van der Waals surface area (Å²) >= 11 is 1.24. The lowest BCUT2D eigenvalue weighted by atomic mass is 10.2. The van der Waals surface area contributed by atoms with Crippen molar-refractivity contribution in [1.29, 1.82) is 0 Å². The normalized spacial score (nSPS) is 12.0. The van der Waals surface area contributed by atoms with Gasteiger partial charge in [-0.25, -0.2) is 13.8 Å². The minimum Gasteiger partial charge on any atom is -0.325 e. The predicted octanol–water partition coefficient (Wildman–Crippen LogP) is 4.58. The molecule has 1 unspecified atom stereocenters. The Balaban J connectivity index is 1.72. The monoisotopic (exact) mass is 373 g/mol. The molecule has 0 fully saturated rings. The van der Waals surface area contributed by atoms with Gasteiger partial charge < -0.3 is 5.32 Å². The Kier molecular flexibility index (Phi) is 5.37. The number of nitrogens with one attached hydrogen (secondary N) is 1. The molecule has 0 saturated carbocycles. The number of aryl methyl sites for hydroxylation is 1. The lowest BCUT2D eigenvalue weighted by Gasteiger charge is -2.13. The van der Waals surface area contributed by atoms with Crippen molar-refractivity contribution in [3.05, 3.63) is 72.1 Å². The number of hydrogen-bond donors (Lipinski definition) is 1. The molecule has 0 saturated heterocycles. The number of amides is 1. The maximum atomic E-state index is 13.6. The third-order valence-corrected chi connectivity index (χ3v) is 4.86. The third-order valence-electron chi connectivity index (χ3n) is 3.78. The molecule has 0 aliphatic rings. The molecule has 1 amide bonds. The van der Waals surface area contributed by atoms with Gasteiger partial charge in [0.2, 0.25) is 5.91 Å². The molecule has 1 atom stereocenters. The molecule has 2 aromatic carbocycles. The van der Waals surface area contributed by atoms with Gasteiger partial charge in [-0.3, -0.25) is 9.36 Å². The first-order chi connectivity index (χ1) is 12.4. The van der Waals surface area contributed by atoms with Gasteiger partial charge in [0.05, 0.1) is 10.9 Å². The maximum Gasteiger partial charge on any atom is 0.237 e. The van der Waals surface area contributed by atoms with Gasteiger partial charge in [-0.05, 0) is 49.7 Å². The van der Waals surface area contributed by atoms with Crippen molar-refractivity contribution in [2.75, 3.05) is 5.32 Å². The summed E-state index contributed by atoms with van der Waals surface area (Å²) in [5.74, 6) is -0.990. The van der Waals surface area contributed by atoms with Gasteiger partial charge in [0.1, 0.15) is 11.6 Å². The highest BCUT2D eigenvalue weighted by Gasteiger charge is 2.18. The Morgan fingerprint density at radius 3 is 2.77 bits per heavy atom. The van der Waals surface area contributed by atoms with Gasteiger partial charge in [0, 0.05) is 18.1 Å². The summed E-state index contributed by atoms with van der Waals surface area (Å²) in [6, 6.07) is 10.7. The van der Waals surface area contributed by atoms with Crippen molar-refractivity contribution < 1.29 is 13.6 Å². The summed E-state index contributed by atoms with van der Waals surface area (Å²) in [4.78, 5) is 16.6. The Bertz CT molecular complexity index is 942. The fourth-order valence-electron chi connectivity index (χ4n) is 2.33. The number of halogens is 2. The zero-order chi connectivity index (χ0) is 18.7. The number of anilines is 1. The lowest BCUT2D eigenvalue weighted by Crippen LogP contribution is -2.23. The van der Waals surface area contributed by atoms with Crippen LogP contribution in [-0.4, -0.2) is 20.7 Å². The van der Waals surface area contributed by atoms with Crippen LogP contribution < -0.4 is 5.32 Å². The van der Waals surface area contributed by atoms with Crippen LogP contribution in [0.2, 0.25) is 0 Å². The van der Waals surface area contributed by atoms with Crippen molar-refractivity contribution in [2.45, 2.75) is 24.3 Å². The molecule has 26 heavy (non-hydrogen) atoms. The Morgan fingerprint density at radius 2 is 2.04 bits per heavy atom. The lowest BCUT2D eigenvalue weighted by molar-refractivity contribution is -0.115. The first kappa shape index (κ1) is 18.1. The quantitative estimate of drug-likeness (QED) is 0.666. The number of aromatic nitrogens is 2. The highest BCUT2D eigenvalue weighted by Crippen LogP contribution is 2.26. The molecule has 1 aromatic heterocycles. The molecule has 4 nitrogen and oxygen atoms in total. The minimum atomic E-state index is -0.478. The second-order valence-corrected chi connectivity index (χ2v) is 7.08. The van der Waals surface area contributed by atoms with Crippen LogP contribution in [0.1, 0.15) is 12.5 Å². The molecule has 134 valence electrons. The van der Waals surface area contributed by atoms with Crippen LogP contribution in [0.25, 0.3) is 5.69 Å². The van der Waals surface area contributed by atoms with Crippen LogP contribution in [0.15, 0.2) is 60.0 Å². The zero-order valence-electron chi connectivity index (χ0n) is 14.2. The summed E-state index contributed by atoms with van der Waals surface area (Å²) in [7, 11) is 0. The molecule has 3 rings (SSSR count). The van der Waals surface area contributed by atoms with Crippen LogP contribution in [-0.2, 0) is 4.79 Å². The van der Waals surface area contributed by atoms with E-state index in [1.54, 1.807) is 55.1 Å². The average molecular weight is 373 g/mol. The van der Waals surface area contributed by atoms with E-state index in [0.29, 0.717) is 22.1 Å². The molecule has 1 N–H and O–H groups in total. The smallest absolute Gasteiger partial charge is 0.237 e. The van der Waals surface area contributed by atoms with Gasteiger partial charge in [-0.15, -0.1) is 0 Å². The van der Waals surface area contributed by atoms with E-state index in [-0.39, 0.29) is 17.5 Å². The zero-order valence-corrected chi connectivity index (χ0v) is 15.1. The fourth-order valence-corrected chi connectivity index (χ4v) is 3.21. The highest BCUT2D eigenvalue weighted by atomic mass is 32.2. The number of carbonyl (C=O) groups excluding carboxylic acids is 1. The number of hydrogen-bond acceptors (Lipinski definition) is 3. The molecule has 0 radical (unpaired) electrons. The summed E-state index contributed by atoms with van der Waals surface area (Å²) in [6.07, 6.45) is 3.30. The van der Waals surface area contributed by atoms with E-state index >= 15 is 0 Å². The largest absolute Gasteiger partial charge is 0.325 e. The Hall–Kier alpha value is -2.67. The van der Waals surface area contributed by atoms with Crippen LogP contribution in [0, 0.1) is 18.6 Å². The summed E-state index contributed by atoms with van der Waals surface area (Å²) in [6.45, 7) is 3.39. The fraction of sp³-hybridized carbons (Fsp3) is 0.158. The molecule has 0 aliphatic heterocycles. The van der Waals surface area contributed by atoms with Gasteiger partial charge in [-0.2, -0.15) is 0 Å². The van der Waals surface area contributed by atoms with E-state index in [1.807, 2.05) is 0 Å². The summed E-state index contributed by atoms with van der Waals surface area (Å²) in [5.41, 5.74) is 1.54. The molecule has 0 spiro atoms. The number of nitrogens with zero attached hydrogens (tertiary/aromatic N) is 2. The van der Waals surface area contributed by atoms with Crippen LogP contribution in [0.5, 0.6) is 0 Å². The van der Waals surface area contributed by atoms with Crippen molar-refractivity contribution >= 4 is 23.4 Å². The predicted molar refractivity (Wildman–Crippen MR) is 98.6 cm³/mol. The first-order valence-corrected chi connectivity index (χ1v) is 8.85. The maximum absolute atomic E-state index is 13.6. The third kappa shape index (κ3) is 4.11. The van der Waals surface area contributed by atoms with Gasteiger partial charge in [0.15, 0.2) is 5.16 Å². The van der Waals surface area contributed by atoms with Crippen molar-refractivity contribution in [3.63, 3.8) is 0 Å². The molecular weight excluding hydrogens is 356 g/mol. The summed E-state index contributed by atoms with van der Waals surface area (Å²) < 4.78 is 28.8. The van der Waals surface area contributed by atoms with E-state index in [1.165, 1.54) is 30.0 Å². The number of thioether (sulfide) groups is 1. The summed E-state index contributed by atoms with van der Waals surface area (Å²) in [5, 5.41) is 2.78. The standard InChI is InChI=1S/C19H17F2N3OS/c1-12-6-7-15(11-17(12)21)23-18(25)13(2)26-19-22-8-9-24(19)16-5-3-4-14(20)10-16/h3-11,13H,1-2H3,(H,23,25). The van der Waals surface area contributed by atoms with Gasteiger partial charge in [0.25, 0.3) is 0 Å². The Morgan fingerprint density at radius 1 is 1.23 bits per heavy atom. The number of benzene rings is 2. The Labute approximate surface area is 154 Å².